The number of nitrogens with zero attached hydrogens (tertiary/aromatic N) is 4. The number of hydrogen-bond donors (Lipinski definition) is 0. The van der Waals surface area contributed by atoms with E-state index < -0.39 is 0 Å². The quantitative estimate of drug-likeness (QED) is 0.568. The van der Waals surface area contributed by atoms with Crippen molar-refractivity contribution >= 4 is 11.9 Å². The Balaban J connectivity index is 1.54. The number of amides is 1. The van der Waals surface area contributed by atoms with Crippen LogP contribution < -0.4 is 14.4 Å². The average molecular weight is 433 g/mol. The van der Waals surface area contributed by atoms with E-state index in [2.05, 4.69) is 4.98 Å². The SMILES string of the molecule is COc1cccc(-c2cnc(N(C)C)nc2C2CCN(C(=O)COc3ccccc3)C2)c1. The van der Waals surface area contributed by atoms with Crippen LogP contribution in [0.4, 0.5) is 5.95 Å². The van der Waals surface area contributed by atoms with Crippen molar-refractivity contribution in [3.8, 4) is 22.6 Å². The Morgan fingerprint density at radius 2 is 1.91 bits per heavy atom. The summed E-state index contributed by atoms with van der Waals surface area (Å²) in [6.45, 7) is 1.32. The summed E-state index contributed by atoms with van der Waals surface area (Å²) in [6, 6.07) is 17.3. The minimum Gasteiger partial charge on any atom is -0.497 e. The maximum absolute atomic E-state index is 12.8. The van der Waals surface area contributed by atoms with Crippen molar-refractivity contribution in [1.82, 2.24) is 14.9 Å². The summed E-state index contributed by atoms with van der Waals surface area (Å²) in [7, 11) is 5.51. The Morgan fingerprint density at radius 3 is 2.66 bits per heavy atom. The molecule has 0 saturated carbocycles. The fraction of sp³-hybridized carbons (Fsp3) is 0.320. The molecular weight excluding hydrogens is 404 g/mol. The molecule has 7 heteroatoms. The van der Waals surface area contributed by atoms with Gasteiger partial charge in [-0.05, 0) is 36.2 Å². The molecule has 3 aromatic rings. The van der Waals surface area contributed by atoms with Crippen LogP contribution in [-0.2, 0) is 4.79 Å². The molecule has 0 bridgehead atoms. The normalized spacial score (nSPS) is 15.5. The average Bonchev–Trinajstić information content (AvgIpc) is 3.33. The molecule has 7 nitrogen and oxygen atoms in total. The number of carbonyl (C=O) groups is 1. The van der Waals surface area contributed by atoms with Crippen molar-refractivity contribution < 1.29 is 14.3 Å². The highest BCUT2D eigenvalue weighted by molar-refractivity contribution is 5.78. The number of ether oxygens (including phenoxy) is 2. The fourth-order valence-corrected chi connectivity index (χ4v) is 3.89. The van der Waals surface area contributed by atoms with Gasteiger partial charge >= 0.3 is 0 Å². The standard InChI is InChI=1S/C25H28N4O3/c1-28(2)25-26-15-22(18-8-7-11-21(14-18)31-3)24(27-25)19-12-13-29(16-19)23(30)17-32-20-9-5-4-6-10-20/h4-11,14-15,19H,12-13,16-17H2,1-3H3. The summed E-state index contributed by atoms with van der Waals surface area (Å²) in [4.78, 5) is 25.9. The van der Waals surface area contributed by atoms with Gasteiger partial charge in [0.15, 0.2) is 6.61 Å². The Hall–Kier alpha value is -3.61. The molecule has 0 aliphatic carbocycles. The number of aromatic nitrogens is 2. The molecule has 2 aromatic carbocycles. The molecule has 1 aliphatic rings. The first-order chi connectivity index (χ1) is 15.5. The van der Waals surface area contributed by atoms with E-state index in [1.165, 1.54) is 0 Å². The fourth-order valence-electron chi connectivity index (χ4n) is 3.89. The molecule has 0 N–H and O–H groups in total. The third-order valence-electron chi connectivity index (χ3n) is 5.62. The lowest BCUT2D eigenvalue weighted by molar-refractivity contribution is -0.132. The number of methoxy groups -OCH3 is 1. The van der Waals surface area contributed by atoms with Crippen molar-refractivity contribution in [2.24, 2.45) is 0 Å². The second-order valence-corrected chi connectivity index (χ2v) is 8.02. The predicted octanol–water partition coefficient (Wildman–Crippen LogP) is 3.61. The summed E-state index contributed by atoms with van der Waals surface area (Å²) in [6.07, 6.45) is 2.72. The molecule has 1 unspecified atom stereocenters. The van der Waals surface area contributed by atoms with Crippen LogP contribution in [-0.4, -0.2) is 61.7 Å². The molecule has 1 fully saturated rings. The van der Waals surface area contributed by atoms with E-state index in [4.69, 9.17) is 14.5 Å². The molecule has 32 heavy (non-hydrogen) atoms. The first kappa shape index (κ1) is 21.6. The lowest BCUT2D eigenvalue weighted by atomic mass is 9.96. The monoisotopic (exact) mass is 432 g/mol. The predicted molar refractivity (Wildman–Crippen MR) is 124 cm³/mol. The molecule has 1 saturated heterocycles. The van der Waals surface area contributed by atoms with Crippen molar-refractivity contribution in [3.63, 3.8) is 0 Å². The molecule has 1 aromatic heterocycles. The Morgan fingerprint density at radius 1 is 1.12 bits per heavy atom. The zero-order valence-corrected chi connectivity index (χ0v) is 18.7. The van der Waals surface area contributed by atoms with Gasteiger partial charge in [-0.25, -0.2) is 9.97 Å². The first-order valence-electron chi connectivity index (χ1n) is 10.7. The van der Waals surface area contributed by atoms with Crippen LogP contribution in [0.5, 0.6) is 11.5 Å². The van der Waals surface area contributed by atoms with Crippen LogP contribution in [0, 0.1) is 0 Å². The van der Waals surface area contributed by atoms with E-state index in [1.54, 1.807) is 7.11 Å². The van der Waals surface area contributed by atoms with E-state index in [9.17, 15) is 4.79 Å². The van der Waals surface area contributed by atoms with E-state index in [-0.39, 0.29) is 18.4 Å². The zero-order chi connectivity index (χ0) is 22.5. The highest BCUT2D eigenvalue weighted by Crippen LogP contribution is 2.35. The van der Waals surface area contributed by atoms with Crippen molar-refractivity contribution in [3.05, 3.63) is 66.5 Å². The van der Waals surface area contributed by atoms with Gasteiger partial charge in [0.2, 0.25) is 5.95 Å². The number of hydrogen-bond acceptors (Lipinski definition) is 6. The summed E-state index contributed by atoms with van der Waals surface area (Å²) >= 11 is 0. The third-order valence-corrected chi connectivity index (χ3v) is 5.62. The van der Waals surface area contributed by atoms with Crippen LogP contribution in [0.3, 0.4) is 0 Å². The second-order valence-electron chi connectivity index (χ2n) is 8.02. The van der Waals surface area contributed by atoms with Crippen molar-refractivity contribution in [1.29, 1.82) is 0 Å². The molecule has 1 atom stereocenters. The topological polar surface area (TPSA) is 67.8 Å². The molecular formula is C25H28N4O3. The Labute approximate surface area is 188 Å². The Kier molecular flexibility index (Phi) is 6.54. The van der Waals surface area contributed by atoms with Crippen molar-refractivity contribution in [2.75, 3.05) is 45.8 Å². The van der Waals surface area contributed by atoms with E-state index >= 15 is 0 Å². The maximum Gasteiger partial charge on any atom is 0.260 e. The number of likely N-dealkylation sites (tertiary alicyclic amines) is 1. The highest BCUT2D eigenvalue weighted by atomic mass is 16.5. The molecule has 0 spiro atoms. The van der Waals surface area contributed by atoms with Crippen LogP contribution in [0.25, 0.3) is 11.1 Å². The molecule has 2 heterocycles. The minimum atomic E-state index is -0.0128. The van der Waals surface area contributed by atoms with Crippen molar-refractivity contribution in [2.45, 2.75) is 12.3 Å². The largest absolute Gasteiger partial charge is 0.497 e. The number of para-hydroxylation sites is 1. The Bertz CT molecular complexity index is 1070. The molecule has 166 valence electrons. The van der Waals surface area contributed by atoms with Gasteiger partial charge in [-0.15, -0.1) is 0 Å². The lowest BCUT2D eigenvalue weighted by Crippen LogP contribution is -2.33. The molecule has 1 aliphatic heterocycles. The van der Waals surface area contributed by atoms with Gasteiger partial charge in [-0.2, -0.15) is 0 Å². The van der Waals surface area contributed by atoms with E-state index in [1.807, 2.05) is 84.7 Å². The minimum absolute atomic E-state index is 0.0128. The smallest absolute Gasteiger partial charge is 0.260 e. The molecule has 0 radical (unpaired) electrons. The molecule has 1 amide bonds. The third kappa shape index (κ3) is 4.82. The second kappa shape index (κ2) is 9.68. The summed E-state index contributed by atoms with van der Waals surface area (Å²) < 4.78 is 11.1. The van der Waals surface area contributed by atoms with Crippen LogP contribution in [0.1, 0.15) is 18.0 Å². The van der Waals surface area contributed by atoms with Crippen LogP contribution in [0.2, 0.25) is 0 Å². The first-order valence-corrected chi connectivity index (χ1v) is 10.7. The lowest BCUT2D eigenvalue weighted by Gasteiger charge is -2.20. The van der Waals surface area contributed by atoms with Gasteiger partial charge in [-0.1, -0.05) is 30.3 Å². The zero-order valence-electron chi connectivity index (χ0n) is 18.7. The van der Waals surface area contributed by atoms with Crippen LogP contribution >= 0.6 is 0 Å². The summed E-state index contributed by atoms with van der Waals surface area (Å²) in [5.74, 6) is 2.25. The number of carbonyl (C=O) groups excluding carboxylic acids is 1. The van der Waals surface area contributed by atoms with Gasteiger partial charge in [-0.3, -0.25) is 4.79 Å². The number of benzene rings is 2. The van der Waals surface area contributed by atoms with Gasteiger partial charge in [0, 0.05) is 44.9 Å². The van der Waals surface area contributed by atoms with Gasteiger partial charge < -0.3 is 19.3 Å². The molecule has 4 rings (SSSR count). The van der Waals surface area contributed by atoms with E-state index in [0.29, 0.717) is 24.8 Å². The highest BCUT2D eigenvalue weighted by Gasteiger charge is 2.31. The number of rotatable bonds is 7. The van der Waals surface area contributed by atoms with Crippen LogP contribution in [0.15, 0.2) is 60.8 Å². The van der Waals surface area contributed by atoms with Gasteiger partial charge in [0.1, 0.15) is 11.5 Å². The summed E-state index contributed by atoms with van der Waals surface area (Å²) in [5.41, 5.74) is 2.92. The van der Waals surface area contributed by atoms with E-state index in [0.717, 1.165) is 29.0 Å². The summed E-state index contributed by atoms with van der Waals surface area (Å²) in [5, 5.41) is 0. The number of anilines is 1. The van der Waals surface area contributed by atoms with Gasteiger partial charge in [0.05, 0.1) is 12.8 Å². The maximum atomic E-state index is 12.8. The van der Waals surface area contributed by atoms with Gasteiger partial charge in [0.25, 0.3) is 5.91 Å².